The number of likely N-dealkylation sites (N-methyl/N-ethyl adjacent to an activating group) is 1. The minimum absolute atomic E-state index is 0.00368. The third kappa shape index (κ3) is 5.45. The molecule has 0 aromatic heterocycles. The number of esters is 1. The largest absolute Gasteiger partial charge is 0.493 e. The Hall–Kier alpha value is -4.05. The summed E-state index contributed by atoms with van der Waals surface area (Å²) in [7, 11) is 4.69. The normalized spacial score (nSPS) is 18.2. The van der Waals surface area contributed by atoms with E-state index in [0.29, 0.717) is 66.6 Å². The van der Waals surface area contributed by atoms with Gasteiger partial charge in [-0.3, -0.25) is 14.6 Å². The van der Waals surface area contributed by atoms with Crippen molar-refractivity contribution >= 4 is 17.9 Å². The molecule has 202 valence electrons. The van der Waals surface area contributed by atoms with E-state index in [0.717, 1.165) is 0 Å². The number of urea groups is 1. The van der Waals surface area contributed by atoms with Crippen LogP contribution >= 0.6 is 0 Å². The Balaban J connectivity index is 1.63. The molecule has 3 amide bonds. The van der Waals surface area contributed by atoms with Gasteiger partial charge in [0.2, 0.25) is 0 Å². The van der Waals surface area contributed by atoms with Crippen LogP contribution in [0.3, 0.4) is 0 Å². The van der Waals surface area contributed by atoms with E-state index in [9.17, 15) is 14.4 Å². The summed E-state index contributed by atoms with van der Waals surface area (Å²) in [5.74, 6) is 0.402. The highest BCUT2D eigenvalue weighted by Crippen LogP contribution is 2.40. The van der Waals surface area contributed by atoms with Gasteiger partial charge in [0.15, 0.2) is 11.5 Å². The van der Waals surface area contributed by atoms with Crippen molar-refractivity contribution in [1.29, 1.82) is 0 Å². The number of amides is 3. The number of para-hydroxylation sites is 1. The van der Waals surface area contributed by atoms with Crippen molar-refractivity contribution in [3.05, 3.63) is 70.9 Å². The molecule has 0 spiro atoms. The summed E-state index contributed by atoms with van der Waals surface area (Å²) in [6, 6.07) is 13.4. The van der Waals surface area contributed by atoms with Crippen LogP contribution in [-0.4, -0.2) is 93.2 Å². The van der Waals surface area contributed by atoms with Gasteiger partial charge in [0.05, 0.1) is 32.4 Å². The quantitative estimate of drug-likeness (QED) is 0.532. The number of nitrogens with zero attached hydrogens (tertiary/aromatic N) is 3. The van der Waals surface area contributed by atoms with Gasteiger partial charge in [0.25, 0.3) is 5.91 Å². The second-order valence-electron chi connectivity index (χ2n) is 9.04. The Morgan fingerprint density at radius 3 is 2.32 bits per heavy atom. The topological polar surface area (TPSA) is 101 Å². The number of piperazine rings is 1. The van der Waals surface area contributed by atoms with Gasteiger partial charge in [-0.15, -0.1) is 0 Å². The lowest BCUT2D eigenvalue weighted by atomic mass is 9.93. The summed E-state index contributed by atoms with van der Waals surface area (Å²) in [6.07, 6.45) is 0. The Morgan fingerprint density at radius 1 is 0.974 bits per heavy atom. The minimum atomic E-state index is -0.793. The lowest BCUT2D eigenvalue weighted by molar-refractivity contribution is -0.139. The highest BCUT2D eigenvalue weighted by Gasteiger charge is 2.39. The van der Waals surface area contributed by atoms with Gasteiger partial charge in [-0.05, 0) is 25.1 Å². The first-order chi connectivity index (χ1) is 18.4. The van der Waals surface area contributed by atoms with Gasteiger partial charge in [-0.2, -0.15) is 0 Å². The van der Waals surface area contributed by atoms with Crippen molar-refractivity contribution in [2.24, 2.45) is 0 Å². The van der Waals surface area contributed by atoms with Crippen LogP contribution in [0, 0.1) is 0 Å². The second-order valence-corrected chi connectivity index (χ2v) is 9.04. The maximum atomic E-state index is 13.3. The molecule has 0 bridgehead atoms. The van der Waals surface area contributed by atoms with Crippen LogP contribution in [0.2, 0.25) is 0 Å². The van der Waals surface area contributed by atoms with Gasteiger partial charge >= 0.3 is 12.0 Å². The van der Waals surface area contributed by atoms with E-state index in [4.69, 9.17) is 14.2 Å². The average Bonchev–Trinajstić information content (AvgIpc) is 2.95. The first-order valence-corrected chi connectivity index (χ1v) is 12.6. The van der Waals surface area contributed by atoms with E-state index in [1.54, 1.807) is 32.2 Å². The molecule has 0 saturated carbocycles. The first-order valence-electron chi connectivity index (χ1n) is 12.6. The zero-order valence-electron chi connectivity index (χ0n) is 22.2. The molecule has 1 saturated heterocycles. The minimum Gasteiger partial charge on any atom is -0.493 e. The summed E-state index contributed by atoms with van der Waals surface area (Å²) in [5, 5.41) is 2.93. The molecular formula is C28H34N4O6. The van der Waals surface area contributed by atoms with Crippen molar-refractivity contribution in [2.45, 2.75) is 13.0 Å². The van der Waals surface area contributed by atoms with Gasteiger partial charge in [0.1, 0.15) is 0 Å². The van der Waals surface area contributed by atoms with Crippen LogP contribution in [-0.2, 0) is 9.53 Å². The predicted molar refractivity (Wildman–Crippen MR) is 141 cm³/mol. The van der Waals surface area contributed by atoms with Gasteiger partial charge in [-0.25, -0.2) is 9.59 Å². The third-order valence-electron chi connectivity index (χ3n) is 6.87. The molecule has 0 radical (unpaired) electrons. The summed E-state index contributed by atoms with van der Waals surface area (Å²) >= 11 is 0. The number of rotatable bonds is 8. The number of methoxy groups -OCH3 is 2. The van der Waals surface area contributed by atoms with Crippen LogP contribution in [0.5, 0.6) is 11.5 Å². The lowest BCUT2D eigenvalue weighted by Crippen LogP contribution is -2.53. The molecule has 1 atom stereocenters. The Labute approximate surface area is 222 Å². The van der Waals surface area contributed by atoms with Crippen molar-refractivity contribution in [3.63, 3.8) is 0 Å². The fourth-order valence-corrected chi connectivity index (χ4v) is 4.85. The van der Waals surface area contributed by atoms with Crippen LogP contribution in [0.4, 0.5) is 4.79 Å². The van der Waals surface area contributed by atoms with E-state index < -0.39 is 12.0 Å². The summed E-state index contributed by atoms with van der Waals surface area (Å²) < 4.78 is 16.5. The number of hydrogen-bond acceptors (Lipinski definition) is 7. The molecule has 1 unspecified atom stereocenters. The summed E-state index contributed by atoms with van der Waals surface area (Å²) in [4.78, 5) is 44.7. The molecule has 2 aliphatic rings. The molecular weight excluding hydrogens is 488 g/mol. The van der Waals surface area contributed by atoms with E-state index >= 15 is 0 Å². The van der Waals surface area contributed by atoms with E-state index in [-0.39, 0.29) is 18.5 Å². The highest BCUT2D eigenvalue weighted by molar-refractivity contribution is 5.96. The third-order valence-corrected chi connectivity index (χ3v) is 6.87. The highest BCUT2D eigenvalue weighted by atomic mass is 16.5. The molecule has 2 heterocycles. The summed E-state index contributed by atoms with van der Waals surface area (Å²) in [6.45, 7) is 4.55. The van der Waals surface area contributed by atoms with Crippen molar-refractivity contribution in [3.8, 4) is 11.5 Å². The Kier molecular flexibility index (Phi) is 8.52. The smallest absolute Gasteiger partial charge is 0.338 e. The van der Waals surface area contributed by atoms with Crippen LogP contribution in [0.25, 0.3) is 0 Å². The monoisotopic (exact) mass is 522 g/mol. The fraction of sp³-hybridized carbons (Fsp3) is 0.393. The number of ether oxygens (including phenoxy) is 3. The second kappa shape index (κ2) is 12.0. The van der Waals surface area contributed by atoms with Crippen molar-refractivity contribution < 1.29 is 28.6 Å². The Bertz CT molecular complexity index is 1210. The van der Waals surface area contributed by atoms with Gasteiger partial charge in [0, 0.05) is 56.6 Å². The molecule has 4 rings (SSSR count). The number of carbonyl (C=O) groups excluding carboxylic acids is 3. The van der Waals surface area contributed by atoms with Crippen molar-refractivity contribution in [1.82, 2.24) is 20.0 Å². The SMILES string of the molecule is CCOC(=O)C1=C(CN2CCN(C(=O)c3ccccc3)CC2)N(C)C(=O)NC1c1cccc(OC)c1OC. The maximum Gasteiger partial charge on any atom is 0.338 e. The zero-order chi connectivity index (χ0) is 27.2. The van der Waals surface area contributed by atoms with E-state index in [1.807, 2.05) is 35.2 Å². The molecule has 2 aliphatic heterocycles. The van der Waals surface area contributed by atoms with Crippen LogP contribution in [0.15, 0.2) is 59.8 Å². The van der Waals surface area contributed by atoms with Crippen LogP contribution < -0.4 is 14.8 Å². The number of hydrogen-bond donors (Lipinski definition) is 1. The number of nitrogens with one attached hydrogen (secondary N) is 1. The van der Waals surface area contributed by atoms with Crippen LogP contribution in [0.1, 0.15) is 28.9 Å². The summed E-state index contributed by atoms with van der Waals surface area (Å²) in [5.41, 5.74) is 2.13. The zero-order valence-corrected chi connectivity index (χ0v) is 22.2. The molecule has 0 aliphatic carbocycles. The molecule has 1 N–H and O–H groups in total. The lowest BCUT2D eigenvalue weighted by Gasteiger charge is -2.39. The van der Waals surface area contributed by atoms with Gasteiger partial charge < -0.3 is 24.4 Å². The number of carbonyl (C=O) groups is 3. The first kappa shape index (κ1) is 27.0. The predicted octanol–water partition coefficient (Wildman–Crippen LogP) is 2.68. The van der Waals surface area contributed by atoms with E-state index in [2.05, 4.69) is 10.2 Å². The molecule has 1 fully saturated rings. The fourth-order valence-electron chi connectivity index (χ4n) is 4.85. The average molecular weight is 523 g/mol. The van der Waals surface area contributed by atoms with Crippen molar-refractivity contribution in [2.75, 3.05) is 60.6 Å². The molecule has 2 aromatic rings. The molecule has 10 heteroatoms. The standard InChI is InChI=1S/C28H34N4O6/c1-5-38-27(34)23-21(18-31-14-16-32(17-15-31)26(33)19-10-7-6-8-11-19)30(2)28(35)29-24(23)20-12-9-13-22(36-3)25(20)37-4/h6-13,24H,5,14-18H2,1-4H3,(H,29,35). The van der Waals surface area contributed by atoms with Gasteiger partial charge in [-0.1, -0.05) is 30.3 Å². The Morgan fingerprint density at radius 2 is 1.68 bits per heavy atom. The molecule has 38 heavy (non-hydrogen) atoms. The molecule has 2 aromatic carbocycles. The number of benzene rings is 2. The van der Waals surface area contributed by atoms with E-state index in [1.165, 1.54) is 19.1 Å². The molecule has 10 nitrogen and oxygen atoms in total. The maximum absolute atomic E-state index is 13.3.